The van der Waals surface area contributed by atoms with E-state index in [9.17, 15) is 0 Å². The van der Waals surface area contributed by atoms with E-state index in [1.807, 2.05) is 0 Å². The summed E-state index contributed by atoms with van der Waals surface area (Å²) in [6.07, 6.45) is 4.36. The van der Waals surface area contributed by atoms with Gasteiger partial charge in [-0.05, 0) is 19.4 Å². The molecule has 0 spiro atoms. The van der Waals surface area contributed by atoms with Crippen LogP contribution in [0.25, 0.3) is 0 Å². The smallest absolute Gasteiger partial charge is 0.222 e. The molecule has 17 heavy (non-hydrogen) atoms. The quantitative estimate of drug-likeness (QED) is 0.521. The number of nitrogen functional groups attached to an aromatic ring is 1. The van der Waals surface area contributed by atoms with Crippen LogP contribution in [0.4, 0.5) is 11.8 Å². The van der Waals surface area contributed by atoms with Gasteiger partial charge in [0.2, 0.25) is 5.95 Å². The predicted molar refractivity (Wildman–Crippen MR) is 70.4 cm³/mol. The zero-order chi connectivity index (χ0) is 12.5. The summed E-state index contributed by atoms with van der Waals surface area (Å²) in [5.41, 5.74) is 11.7. The Hall–Kier alpha value is -1.80. The molecular weight excluding hydrogens is 214 g/mol. The van der Waals surface area contributed by atoms with Gasteiger partial charge >= 0.3 is 0 Å². The molecule has 0 aliphatic carbocycles. The summed E-state index contributed by atoms with van der Waals surface area (Å²) in [7, 11) is 0. The first-order valence-corrected chi connectivity index (χ1v) is 5.83. The van der Waals surface area contributed by atoms with Crippen LogP contribution >= 0.6 is 0 Å². The minimum Gasteiger partial charge on any atom is -0.369 e. The molecule has 0 aliphatic rings. The third kappa shape index (κ3) is 4.70. The molecule has 0 atom stereocenters. The number of nitrogens with one attached hydrogen (secondary N) is 1. The Kier molecular flexibility index (Phi) is 5.83. The molecule has 1 heterocycles. The molecule has 0 saturated heterocycles. The molecule has 1 aromatic heterocycles. The lowest BCUT2D eigenvalue weighted by Crippen LogP contribution is -2.07. The van der Waals surface area contributed by atoms with E-state index in [1.54, 1.807) is 6.20 Å². The number of hydrogen-bond acceptors (Lipinski definition) is 5. The molecule has 1 aromatic rings. The van der Waals surface area contributed by atoms with Crippen LogP contribution in [0, 0.1) is 11.8 Å². The maximum atomic E-state index is 5.55. The van der Waals surface area contributed by atoms with Crippen LogP contribution in [0.5, 0.6) is 0 Å². The lowest BCUT2D eigenvalue weighted by molar-refractivity contribution is 0.870. The third-order valence-corrected chi connectivity index (χ3v) is 2.08. The molecule has 5 nitrogen and oxygen atoms in total. The Labute approximate surface area is 102 Å². The number of hydrogen-bond donors (Lipinski definition) is 3. The summed E-state index contributed by atoms with van der Waals surface area (Å²) in [5, 5.41) is 3.19. The number of nitrogens with two attached hydrogens (primary N) is 2. The van der Waals surface area contributed by atoms with Crippen molar-refractivity contribution in [3.63, 3.8) is 0 Å². The summed E-state index contributed by atoms with van der Waals surface area (Å²) < 4.78 is 0. The van der Waals surface area contributed by atoms with Crippen LogP contribution < -0.4 is 16.8 Å². The average molecular weight is 233 g/mol. The normalized spacial score (nSPS) is 9.53. The van der Waals surface area contributed by atoms with Crippen molar-refractivity contribution in [2.45, 2.75) is 26.2 Å². The number of unbranched alkanes of at least 4 members (excludes halogenated alkanes) is 1. The van der Waals surface area contributed by atoms with Crippen molar-refractivity contribution < 1.29 is 0 Å². The standard InChI is InChI=1S/C12H19N5/c1-2-8-15-11-10(6-4-3-5-7-13)9-16-12(14)17-11/h9H,2-3,5,7-8,13H2,1H3,(H3,14,15,16,17). The molecule has 0 saturated carbocycles. The van der Waals surface area contributed by atoms with Gasteiger partial charge in [-0.15, -0.1) is 0 Å². The minimum atomic E-state index is 0.260. The molecule has 5 heteroatoms. The molecule has 92 valence electrons. The maximum Gasteiger partial charge on any atom is 0.222 e. The highest BCUT2D eigenvalue weighted by Crippen LogP contribution is 2.11. The van der Waals surface area contributed by atoms with Crippen molar-refractivity contribution in [2.24, 2.45) is 5.73 Å². The summed E-state index contributed by atoms with van der Waals surface area (Å²) in [5.74, 6) is 7.05. The second kappa shape index (κ2) is 7.47. The molecule has 0 radical (unpaired) electrons. The topological polar surface area (TPSA) is 89.8 Å². The fraction of sp³-hybridized carbons (Fsp3) is 0.500. The maximum absolute atomic E-state index is 5.55. The van der Waals surface area contributed by atoms with Crippen molar-refractivity contribution in [1.82, 2.24) is 9.97 Å². The summed E-state index contributed by atoms with van der Waals surface area (Å²) in [6.45, 7) is 3.59. The van der Waals surface area contributed by atoms with Crippen LogP contribution in [-0.4, -0.2) is 23.1 Å². The third-order valence-electron chi connectivity index (χ3n) is 2.08. The molecule has 0 aliphatic heterocycles. The van der Waals surface area contributed by atoms with E-state index in [1.165, 1.54) is 0 Å². The van der Waals surface area contributed by atoms with E-state index >= 15 is 0 Å². The Bertz CT molecular complexity index is 405. The second-order valence-electron chi connectivity index (χ2n) is 3.61. The summed E-state index contributed by atoms with van der Waals surface area (Å²) >= 11 is 0. The van der Waals surface area contributed by atoms with Gasteiger partial charge in [0, 0.05) is 13.0 Å². The average Bonchev–Trinajstić information content (AvgIpc) is 2.34. The molecular formula is C12H19N5. The van der Waals surface area contributed by atoms with Crippen LogP contribution in [0.3, 0.4) is 0 Å². The number of aromatic nitrogens is 2. The van der Waals surface area contributed by atoms with Gasteiger partial charge in [0.25, 0.3) is 0 Å². The van der Waals surface area contributed by atoms with Crippen molar-refractivity contribution >= 4 is 11.8 Å². The highest BCUT2D eigenvalue weighted by Gasteiger charge is 2.02. The minimum absolute atomic E-state index is 0.260. The van der Waals surface area contributed by atoms with Crippen molar-refractivity contribution in [3.8, 4) is 11.8 Å². The van der Waals surface area contributed by atoms with Gasteiger partial charge in [-0.2, -0.15) is 4.98 Å². The van der Waals surface area contributed by atoms with Gasteiger partial charge in [0.05, 0.1) is 11.8 Å². The first-order valence-electron chi connectivity index (χ1n) is 5.83. The number of anilines is 2. The zero-order valence-corrected chi connectivity index (χ0v) is 10.2. The van der Waals surface area contributed by atoms with Gasteiger partial charge < -0.3 is 16.8 Å². The van der Waals surface area contributed by atoms with Gasteiger partial charge in [0.1, 0.15) is 5.82 Å². The van der Waals surface area contributed by atoms with E-state index in [0.29, 0.717) is 12.4 Å². The van der Waals surface area contributed by atoms with Crippen LogP contribution in [0.2, 0.25) is 0 Å². The van der Waals surface area contributed by atoms with E-state index < -0.39 is 0 Å². The van der Waals surface area contributed by atoms with Gasteiger partial charge in [-0.25, -0.2) is 4.98 Å². The summed E-state index contributed by atoms with van der Waals surface area (Å²) in [6, 6.07) is 0. The van der Waals surface area contributed by atoms with Crippen molar-refractivity contribution in [2.75, 3.05) is 24.1 Å². The monoisotopic (exact) mass is 233 g/mol. The zero-order valence-electron chi connectivity index (χ0n) is 10.2. The van der Waals surface area contributed by atoms with E-state index in [2.05, 4.69) is 34.0 Å². The predicted octanol–water partition coefficient (Wildman–Crippen LogP) is 0.971. The molecule has 0 fully saturated rings. The van der Waals surface area contributed by atoms with Gasteiger partial charge in [0.15, 0.2) is 0 Å². The van der Waals surface area contributed by atoms with Gasteiger partial charge in [-0.3, -0.25) is 0 Å². The van der Waals surface area contributed by atoms with E-state index in [4.69, 9.17) is 11.5 Å². The molecule has 1 rings (SSSR count). The molecule has 0 aromatic carbocycles. The first-order chi connectivity index (χ1) is 8.27. The second-order valence-corrected chi connectivity index (χ2v) is 3.61. The largest absolute Gasteiger partial charge is 0.369 e. The molecule has 0 bridgehead atoms. The fourth-order valence-electron chi connectivity index (χ4n) is 1.21. The van der Waals surface area contributed by atoms with Crippen LogP contribution in [0.1, 0.15) is 31.7 Å². The molecule has 0 unspecified atom stereocenters. The van der Waals surface area contributed by atoms with Crippen molar-refractivity contribution in [1.29, 1.82) is 0 Å². The lowest BCUT2D eigenvalue weighted by Gasteiger charge is -2.06. The lowest BCUT2D eigenvalue weighted by atomic mass is 10.2. The summed E-state index contributed by atoms with van der Waals surface area (Å²) in [4.78, 5) is 8.08. The Morgan fingerprint density at radius 3 is 3.00 bits per heavy atom. The highest BCUT2D eigenvalue weighted by molar-refractivity contribution is 5.54. The van der Waals surface area contributed by atoms with Crippen LogP contribution in [-0.2, 0) is 0 Å². The Balaban J connectivity index is 2.77. The first kappa shape index (κ1) is 13.3. The number of nitrogens with zero attached hydrogens (tertiary/aromatic N) is 2. The number of rotatable bonds is 5. The fourth-order valence-corrected chi connectivity index (χ4v) is 1.21. The molecule has 5 N–H and O–H groups in total. The van der Waals surface area contributed by atoms with Crippen molar-refractivity contribution in [3.05, 3.63) is 11.8 Å². The van der Waals surface area contributed by atoms with E-state index in [-0.39, 0.29) is 5.95 Å². The highest BCUT2D eigenvalue weighted by atomic mass is 15.1. The van der Waals surface area contributed by atoms with Gasteiger partial charge in [-0.1, -0.05) is 18.8 Å². The SMILES string of the molecule is CCCNc1nc(N)ncc1C#CCCCN. The Morgan fingerprint density at radius 2 is 2.29 bits per heavy atom. The Morgan fingerprint density at radius 1 is 1.47 bits per heavy atom. The molecule has 0 amide bonds. The van der Waals surface area contributed by atoms with Crippen LogP contribution in [0.15, 0.2) is 6.20 Å². The van der Waals surface area contributed by atoms with E-state index in [0.717, 1.165) is 31.4 Å².